The fraction of sp³-hybridized carbons (Fsp3) is 0.875. The largest absolute Gasteiger partial charge is 0.260 e. The van der Waals surface area contributed by atoms with Crippen molar-refractivity contribution in [3.05, 3.63) is 0 Å². The molecule has 3 atom stereocenters. The molecular weight excluding hydrogens is 236 g/mol. The highest BCUT2D eigenvalue weighted by molar-refractivity contribution is 7.90. The van der Waals surface area contributed by atoms with E-state index in [-0.39, 0.29) is 18.2 Å². The van der Waals surface area contributed by atoms with Crippen LogP contribution in [0.1, 0.15) is 20.3 Å². The van der Waals surface area contributed by atoms with Gasteiger partial charge in [-0.3, -0.25) is 4.21 Å². The van der Waals surface area contributed by atoms with Gasteiger partial charge in [-0.1, -0.05) is 6.92 Å². The molecule has 0 heterocycles. The minimum absolute atomic E-state index is 0.101. The van der Waals surface area contributed by atoms with E-state index in [2.05, 4.69) is 4.72 Å². The summed E-state index contributed by atoms with van der Waals surface area (Å²) in [5, 5.41) is 7.32. The molecule has 1 N–H and O–H groups in total. The summed E-state index contributed by atoms with van der Waals surface area (Å²) in [7, 11) is -4.67. The highest BCUT2D eigenvalue weighted by Crippen LogP contribution is 2.03. The average molecular weight is 252 g/mol. The molecule has 0 fully saturated rings. The first-order chi connectivity index (χ1) is 6.85. The molecule has 0 aromatic heterocycles. The Labute approximate surface area is 93.4 Å². The normalized spacial score (nSPS) is 17.7. The smallest absolute Gasteiger partial charge is 0.227 e. The minimum atomic E-state index is -3.60. The van der Waals surface area contributed by atoms with Gasteiger partial charge in [0.25, 0.3) is 0 Å². The zero-order valence-corrected chi connectivity index (χ0v) is 10.7. The molecule has 0 spiro atoms. The first-order valence-electron chi connectivity index (χ1n) is 4.55. The van der Waals surface area contributed by atoms with E-state index in [4.69, 9.17) is 5.26 Å². The molecule has 88 valence electrons. The van der Waals surface area contributed by atoms with Crippen molar-refractivity contribution >= 4 is 20.8 Å². The van der Waals surface area contributed by atoms with Crippen LogP contribution >= 0.6 is 0 Å². The Balaban J connectivity index is 4.42. The standard InChI is InChI=1S/C8H16N2O3S2/c1-4-8(5-9)15(12,13)10-6-7(2)14(3)11/h7-8,10H,4,6H2,1-3H3. The highest BCUT2D eigenvalue weighted by Gasteiger charge is 2.23. The summed E-state index contributed by atoms with van der Waals surface area (Å²) < 4.78 is 36.3. The third-order valence-corrected chi connectivity index (χ3v) is 5.08. The van der Waals surface area contributed by atoms with Crippen molar-refractivity contribution in [2.45, 2.75) is 30.8 Å². The van der Waals surface area contributed by atoms with Crippen LogP contribution in [0.25, 0.3) is 0 Å². The number of rotatable bonds is 6. The first-order valence-corrected chi connectivity index (χ1v) is 7.72. The highest BCUT2D eigenvalue weighted by atomic mass is 32.2. The topological polar surface area (TPSA) is 87.0 Å². The third kappa shape index (κ3) is 4.73. The van der Waals surface area contributed by atoms with Gasteiger partial charge in [0.05, 0.1) is 6.07 Å². The van der Waals surface area contributed by atoms with Gasteiger partial charge in [-0.2, -0.15) is 5.26 Å². The lowest BCUT2D eigenvalue weighted by Gasteiger charge is -2.12. The summed E-state index contributed by atoms with van der Waals surface area (Å²) in [6.45, 7) is 3.42. The summed E-state index contributed by atoms with van der Waals surface area (Å²) in [6, 6.07) is 1.72. The maximum atomic E-state index is 11.5. The number of hydrogen-bond donors (Lipinski definition) is 1. The van der Waals surface area contributed by atoms with Crippen molar-refractivity contribution in [3.8, 4) is 6.07 Å². The summed E-state index contributed by atoms with van der Waals surface area (Å²) in [5.41, 5.74) is 0. The van der Waals surface area contributed by atoms with Gasteiger partial charge >= 0.3 is 0 Å². The molecule has 5 nitrogen and oxygen atoms in total. The van der Waals surface area contributed by atoms with Gasteiger partial charge in [-0.15, -0.1) is 0 Å². The van der Waals surface area contributed by atoms with E-state index < -0.39 is 26.1 Å². The Kier molecular flexibility index (Phi) is 6.02. The number of nitriles is 1. The molecule has 0 radical (unpaired) electrons. The molecule has 0 saturated heterocycles. The molecule has 0 saturated carbocycles. The molecule has 0 aromatic rings. The van der Waals surface area contributed by atoms with Crippen LogP contribution in [0.15, 0.2) is 0 Å². The molecule has 0 amide bonds. The van der Waals surface area contributed by atoms with Gasteiger partial charge in [0.15, 0.2) is 5.25 Å². The van der Waals surface area contributed by atoms with E-state index in [1.807, 2.05) is 0 Å². The lowest BCUT2D eigenvalue weighted by molar-refractivity contribution is 0.572. The first kappa shape index (κ1) is 14.6. The molecule has 3 unspecified atom stereocenters. The average Bonchev–Trinajstić information content (AvgIpc) is 2.15. The molecule has 0 aliphatic heterocycles. The van der Waals surface area contributed by atoms with Crippen molar-refractivity contribution in [3.63, 3.8) is 0 Å². The van der Waals surface area contributed by atoms with Crippen LogP contribution < -0.4 is 4.72 Å². The Morgan fingerprint density at radius 3 is 2.40 bits per heavy atom. The molecule has 0 aromatic carbocycles. The van der Waals surface area contributed by atoms with Crippen LogP contribution in [-0.4, -0.2) is 35.9 Å². The van der Waals surface area contributed by atoms with Crippen LogP contribution in [-0.2, 0) is 20.8 Å². The fourth-order valence-corrected chi connectivity index (χ4v) is 2.52. The predicted molar refractivity (Wildman–Crippen MR) is 60.1 cm³/mol. The van der Waals surface area contributed by atoms with Crippen molar-refractivity contribution < 1.29 is 12.6 Å². The molecular formula is C8H16N2O3S2. The Hall–Kier alpha value is -0.450. The van der Waals surface area contributed by atoms with Gasteiger partial charge < -0.3 is 0 Å². The van der Waals surface area contributed by atoms with E-state index in [0.717, 1.165) is 0 Å². The van der Waals surface area contributed by atoms with Crippen molar-refractivity contribution in [1.29, 1.82) is 5.26 Å². The van der Waals surface area contributed by atoms with Gasteiger partial charge in [0.1, 0.15) is 0 Å². The number of nitrogens with zero attached hydrogens (tertiary/aromatic N) is 1. The third-order valence-electron chi connectivity index (χ3n) is 2.03. The Bertz CT molecular complexity index is 359. The molecule has 0 rings (SSSR count). The molecule has 0 bridgehead atoms. The van der Waals surface area contributed by atoms with E-state index in [1.54, 1.807) is 19.9 Å². The van der Waals surface area contributed by atoms with Crippen LogP contribution in [0.5, 0.6) is 0 Å². The summed E-state index contributed by atoms with van der Waals surface area (Å²) in [6.07, 6.45) is 1.76. The van der Waals surface area contributed by atoms with Crippen molar-refractivity contribution in [1.82, 2.24) is 4.72 Å². The monoisotopic (exact) mass is 252 g/mol. The maximum Gasteiger partial charge on any atom is 0.227 e. The fourth-order valence-electron chi connectivity index (χ4n) is 0.832. The number of hydrogen-bond acceptors (Lipinski definition) is 4. The zero-order chi connectivity index (χ0) is 12.1. The lowest BCUT2D eigenvalue weighted by Crippen LogP contribution is -2.38. The molecule has 0 aliphatic carbocycles. The summed E-state index contributed by atoms with van der Waals surface area (Å²) in [5.74, 6) is 0. The predicted octanol–water partition coefficient (Wildman–Crippen LogP) is -0.0250. The summed E-state index contributed by atoms with van der Waals surface area (Å²) >= 11 is 0. The van der Waals surface area contributed by atoms with Crippen LogP contribution in [0.4, 0.5) is 0 Å². The van der Waals surface area contributed by atoms with Crippen LogP contribution in [0.2, 0.25) is 0 Å². The van der Waals surface area contributed by atoms with Crippen molar-refractivity contribution in [2.24, 2.45) is 0 Å². The van der Waals surface area contributed by atoms with Gasteiger partial charge in [-0.25, -0.2) is 13.1 Å². The maximum absolute atomic E-state index is 11.5. The van der Waals surface area contributed by atoms with E-state index in [0.29, 0.717) is 0 Å². The summed E-state index contributed by atoms with van der Waals surface area (Å²) in [4.78, 5) is 0. The second kappa shape index (κ2) is 6.20. The van der Waals surface area contributed by atoms with E-state index in [9.17, 15) is 12.6 Å². The van der Waals surface area contributed by atoms with Crippen molar-refractivity contribution in [2.75, 3.05) is 12.8 Å². The van der Waals surface area contributed by atoms with Crippen LogP contribution in [0.3, 0.4) is 0 Å². The molecule has 15 heavy (non-hydrogen) atoms. The number of sulfonamides is 1. The molecule has 7 heteroatoms. The second-order valence-corrected chi connectivity index (χ2v) is 6.98. The van der Waals surface area contributed by atoms with Gasteiger partial charge in [0, 0.05) is 28.9 Å². The molecule has 0 aliphatic rings. The SMILES string of the molecule is CCC(C#N)S(=O)(=O)NCC(C)S(C)=O. The Morgan fingerprint density at radius 2 is 2.07 bits per heavy atom. The zero-order valence-electron chi connectivity index (χ0n) is 9.06. The number of nitrogens with one attached hydrogen (secondary N) is 1. The van der Waals surface area contributed by atoms with Crippen LogP contribution in [0, 0.1) is 11.3 Å². The second-order valence-electron chi connectivity index (χ2n) is 3.23. The minimum Gasteiger partial charge on any atom is -0.260 e. The van der Waals surface area contributed by atoms with Gasteiger partial charge in [0.2, 0.25) is 10.0 Å². The lowest BCUT2D eigenvalue weighted by atomic mass is 10.4. The quantitative estimate of drug-likeness (QED) is 0.719. The Morgan fingerprint density at radius 1 is 1.53 bits per heavy atom. The van der Waals surface area contributed by atoms with E-state index in [1.165, 1.54) is 6.26 Å². The van der Waals surface area contributed by atoms with E-state index >= 15 is 0 Å². The van der Waals surface area contributed by atoms with Gasteiger partial charge in [-0.05, 0) is 13.3 Å².